The number of rotatable bonds is 4. The molecular weight excluding hydrogens is 224 g/mol. The molecule has 0 atom stereocenters. The molecule has 2 aromatic heterocycles. The van der Waals surface area contributed by atoms with Crippen LogP contribution in [0.1, 0.15) is 17.5 Å². The third-order valence-electron chi connectivity index (χ3n) is 1.93. The number of esters is 1. The van der Waals surface area contributed by atoms with Crippen LogP contribution in [0.4, 0.5) is 11.8 Å². The molecule has 2 heterocycles. The third kappa shape index (κ3) is 2.63. The highest BCUT2D eigenvalue weighted by atomic mass is 16.5. The van der Waals surface area contributed by atoms with E-state index in [1.807, 2.05) is 0 Å². The predicted molar refractivity (Wildman–Crippen MR) is 59.0 cm³/mol. The van der Waals surface area contributed by atoms with E-state index >= 15 is 0 Å². The van der Waals surface area contributed by atoms with Gasteiger partial charge in [0.2, 0.25) is 5.76 Å². The van der Waals surface area contributed by atoms with Gasteiger partial charge in [0.25, 0.3) is 0 Å². The highest BCUT2D eigenvalue weighted by molar-refractivity contribution is 5.86. The van der Waals surface area contributed by atoms with Crippen molar-refractivity contribution in [3.8, 4) is 0 Å². The van der Waals surface area contributed by atoms with E-state index in [0.29, 0.717) is 12.4 Å². The van der Waals surface area contributed by atoms with Gasteiger partial charge in [-0.05, 0) is 6.92 Å². The van der Waals surface area contributed by atoms with Gasteiger partial charge in [-0.25, -0.2) is 9.78 Å². The Kier molecular flexibility index (Phi) is 3.08. The zero-order valence-electron chi connectivity index (χ0n) is 9.51. The minimum atomic E-state index is -0.533. The lowest BCUT2D eigenvalue weighted by atomic mass is 10.5. The number of ether oxygens (including phenoxy) is 1. The summed E-state index contributed by atoms with van der Waals surface area (Å²) in [7, 11) is 1.80. The maximum atomic E-state index is 11.3. The summed E-state index contributed by atoms with van der Waals surface area (Å²) in [6.07, 6.45) is 3.08. The molecule has 0 saturated carbocycles. The van der Waals surface area contributed by atoms with Crippen molar-refractivity contribution in [2.75, 3.05) is 11.9 Å². The number of anilines is 2. The van der Waals surface area contributed by atoms with E-state index in [9.17, 15) is 4.79 Å². The minimum absolute atomic E-state index is 0.0604. The number of oxazole rings is 1. The van der Waals surface area contributed by atoms with E-state index in [2.05, 4.69) is 15.4 Å². The molecule has 0 saturated heterocycles. The van der Waals surface area contributed by atoms with Crippen molar-refractivity contribution in [3.63, 3.8) is 0 Å². The molecule has 0 fully saturated rings. The van der Waals surface area contributed by atoms with Gasteiger partial charge in [-0.1, -0.05) is 0 Å². The number of hydrogen-bond acceptors (Lipinski definition) is 6. The monoisotopic (exact) mass is 236 g/mol. The van der Waals surface area contributed by atoms with E-state index in [4.69, 9.17) is 9.15 Å². The number of carbonyl (C=O) groups is 1. The molecule has 0 aliphatic carbocycles. The number of carbonyl (C=O) groups excluding carboxylic acids is 1. The first-order chi connectivity index (χ1) is 8.19. The molecule has 1 N–H and O–H groups in total. The number of hydrogen-bond donors (Lipinski definition) is 1. The average Bonchev–Trinajstić information content (AvgIpc) is 2.89. The normalized spacial score (nSPS) is 10.2. The van der Waals surface area contributed by atoms with Crippen LogP contribution in [0.3, 0.4) is 0 Å². The Morgan fingerprint density at radius 1 is 1.65 bits per heavy atom. The maximum Gasteiger partial charge on any atom is 0.376 e. The standard InChI is InChI=1S/C10H12N4O3/c1-3-16-9(15)7-6-11-10(17-7)12-8-4-5-14(2)13-8/h4-6H,3H2,1-2H3,(H,11,12,13). The zero-order chi connectivity index (χ0) is 12.3. The van der Waals surface area contributed by atoms with Crippen LogP contribution < -0.4 is 5.32 Å². The van der Waals surface area contributed by atoms with Gasteiger partial charge in [0.15, 0.2) is 5.82 Å². The molecule has 0 amide bonds. The molecule has 0 aliphatic heterocycles. The van der Waals surface area contributed by atoms with Crippen molar-refractivity contribution >= 4 is 17.8 Å². The lowest BCUT2D eigenvalue weighted by molar-refractivity contribution is 0.0491. The van der Waals surface area contributed by atoms with Gasteiger partial charge >= 0.3 is 12.0 Å². The third-order valence-corrected chi connectivity index (χ3v) is 1.93. The number of nitrogens with zero attached hydrogens (tertiary/aromatic N) is 3. The minimum Gasteiger partial charge on any atom is -0.460 e. The Morgan fingerprint density at radius 2 is 2.47 bits per heavy atom. The van der Waals surface area contributed by atoms with Crippen LogP contribution >= 0.6 is 0 Å². The van der Waals surface area contributed by atoms with E-state index in [0.717, 1.165) is 0 Å². The van der Waals surface area contributed by atoms with Crippen LogP contribution in [0.5, 0.6) is 0 Å². The van der Waals surface area contributed by atoms with Crippen LogP contribution in [-0.2, 0) is 11.8 Å². The highest BCUT2D eigenvalue weighted by Crippen LogP contribution is 2.14. The van der Waals surface area contributed by atoms with E-state index < -0.39 is 5.97 Å². The van der Waals surface area contributed by atoms with Gasteiger partial charge in [0.05, 0.1) is 12.8 Å². The Bertz CT molecular complexity index is 517. The molecule has 0 radical (unpaired) electrons. The number of aryl methyl sites for hydroxylation is 1. The van der Waals surface area contributed by atoms with Crippen molar-refractivity contribution in [2.45, 2.75) is 6.92 Å². The van der Waals surface area contributed by atoms with E-state index in [1.54, 1.807) is 30.9 Å². The molecule has 2 aromatic rings. The molecule has 90 valence electrons. The van der Waals surface area contributed by atoms with Crippen molar-refractivity contribution in [1.82, 2.24) is 14.8 Å². The topological polar surface area (TPSA) is 82.2 Å². The molecular formula is C10H12N4O3. The fourth-order valence-corrected chi connectivity index (χ4v) is 1.22. The van der Waals surface area contributed by atoms with Gasteiger partial charge in [-0.3, -0.25) is 10.00 Å². The summed E-state index contributed by atoms with van der Waals surface area (Å²) in [6, 6.07) is 1.96. The Balaban J connectivity index is 2.06. The second kappa shape index (κ2) is 4.69. The van der Waals surface area contributed by atoms with Crippen molar-refractivity contribution in [2.24, 2.45) is 7.05 Å². The van der Waals surface area contributed by atoms with Crippen LogP contribution in [0.15, 0.2) is 22.9 Å². The first-order valence-electron chi connectivity index (χ1n) is 5.08. The zero-order valence-corrected chi connectivity index (χ0v) is 9.51. The van der Waals surface area contributed by atoms with Gasteiger partial charge in [-0.15, -0.1) is 0 Å². The molecule has 0 aromatic carbocycles. The molecule has 0 spiro atoms. The smallest absolute Gasteiger partial charge is 0.376 e. The molecule has 0 aliphatic rings. The largest absolute Gasteiger partial charge is 0.460 e. The molecule has 2 rings (SSSR count). The summed E-state index contributed by atoms with van der Waals surface area (Å²) < 4.78 is 11.6. The quantitative estimate of drug-likeness (QED) is 0.806. The summed E-state index contributed by atoms with van der Waals surface area (Å²) in [5.74, 6) is 0.115. The summed E-state index contributed by atoms with van der Waals surface area (Å²) in [6.45, 7) is 2.02. The van der Waals surface area contributed by atoms with Crippen LogP contribution in [0, 0.1) is 0 Å². The SMILES string of the molecule is CCOC(=O)c1cnc(Nc2ccn(C)n2)o1. The first kappa shape index (κ1) is 11.2. The lowest BCUT2D eigenvalue weighted by Crippen LogP contribution is -2.02. The molecule has 7 nitrogen and oxygen atoms in total. The summed E-state index contributed by atoms with van der Waals surface area (Å²) in [5, 5.41) is 6.91. The van der Waals surface area contributed by atoms with Crippen molar-refractivity contribution < 1.29 is 13.9 Å². The van der Waals surface area contributed by atoms with Crippen LogP contribution in [0.25, 0.3) is 0 Å². The molecule has 17 heavy (non-hydrogen) atoms. The Labute approximate surface area is 97.4 Å². The van der Waals surface area contributed by atoms with Crippen molar-refractivity contribution in [3.05, 3.63) is 24.2 Å². The van der Waals surface area contributed by atoms with E-state index in [-0.39, 0.29) is 11.8 Å². The second-order valence-electron chi connectivity index (χ2n) is 3.25. The molecule has 0 unspecified atom stereocenters. The highest BCUT2D eigenvalue weighted by Gasteiger charge is 2.13. The molecule has 0 bridgehead atoms. The predicted octanol–water partition coefficient (Wildman–Crippen LogP) is 1.33. The Hall–Kier alpha value is -2.31. The van der Waals surface area contributed by atoms with E-state index in [1.165, 1.54) is 6.20 Å². The van der Waals surface area contributed by atoms with Crippen molar-refractivity contribution in [1.29, 1.82) is 0 Å². The van der Waals surface area contributed by atoms with Crippen LogP contribution in [0.2, 0.25) is 0 Å². The summed E-state index contributed by atoms with van der Waals surface area (Å²) in [5.41, 5.74) is 0. The lowest BCUT2D eigenvalue weighted by Gasteiger charge is -1.97. The molecule has 7 heteroatoms. The van der Waals surface area contributed by atoms with Gasteiger partial charge in [0, 0.05) is 19.3 Å². The number of nitrogens with one attached hydrogen (secondary N) is 1. The van der Waals surface area contributed by atoms with Crippen LogP contribution in [-0.4, -0.2) is 27.3 Å². The maximum absolute atomic E-state index is 11.3. The summed E-state index contributed by atoms with van der Waals surface area (Å²) >= 11 is 0. The number of aromatic nitrogens is 3. The summed E-state index contributed by atoms with van der Waals surface area (Å²) in [4.78, 5) is 15.2. The second-order valence-corrected chi connectivity index (χ2v) is 3.25. The Morgan fingerprint density at radius 3 is 3.12 bits per heavy atom. The van der Waals surface area contributed by atoms with Gasteiger partial charge in [0.1, 0.15) is 0 Å². The fourth-order valence-electron chi connectivity index (χ4n) is 1.22. The van der Waals surface area contributed by atoms with Gasteiger partial charge < -0.3 is 9.15 Å². The fraction of sp³-hybridized carbons (Fsp3) is 0.300. The van der Waals surface area contributed by atoms with Gasteiger partial charge in [-0.2, -0.15) is 5.10 Å². The first-order valence-corrected chi connectivity index (χ1v) is 5.08. The average molecular weight is 236 g/mol.